The molecule has 0 spiro atoms. The van der Waals surface area contributed by atoms with E-state index in [1.807, 2.05) is 72.9 Å². The highest BCUT2D eigenvalue weighted by molar-refractivity contribution is 5.71. The molecule has 6 heteroatoms. The molecule has 0 heterocycles. The number of hydrogen-bond acceptors (Lipinski definition) is 6. The van der Waals surface area contributed by atoms with Crippen LogP contribution in [-0.4, -0.2) is 37.2 Å². The summed E-state index contributed by atoms with van der Waals surface area (Å²) in [5.41, 5.74) is 0. The van der Waals surface area contributed by atoms with Crippen molar-refractivity contribution in [2.24, 2.45) is 0 Å². The van der Waals surface area contributed by atoms with E-state index in [4.69, 9.17) is 14.2 Å². The number of allylic oxidation sites excluding steroid dienone is 18. The van der Waals surface area contributed by atoms with Crippen molar-refractivity contribution >= 4 is 17.9 Å². The normalized spacial score (nSPS) is 13.0. The Balaban J connectivity index is 4.51. The van der Waals surface area contributed by atoms with E-state index in [0.29, 0.717) is 19.3 Å². The molecule has 0 saturated heterocycles. The Morgan fingerprint density at radius 1 is 0.318 bits per heavy atom. The zero-order valence-electron chi connectivity index (χ0n) is 42.7. The molecule has 0 rings (SSSR count). The first-order valence-electron chi connectivity index (χ1n) is 27.0. The van der Waals surface area contributed by atoms with Crippen molar-refractivity contribution in [1.82, 2.24) is 0 Å². The van der Waals surface area contributed by atoms with Gasteiger partial charge in [0, 0.05) is 19.3 Å². The third-order valence-electron chi connectivity index (χ3n) is 11.2. The second kappa shape index (κ2) is 53.7. The van der Waals surface area contributed by atoms with Crippen LogP contribution in [0.25, 0.3) is 0 Å². The summed E-state index contributed by atoms with van der Waals surface area (Å²) in [4.78, 5) is 38.0. The molecule has 6 nitrogen and oxygen atoms in total. The number of unbranched alkanes of at least 4 members (excludes halogenated alkanes) is 25. The van der Waals surface area contributed by atoms with E-state index in [2.05, 4.69) is 57.2 Å². The third-order valence-corrected chi connectivity index (χ3v) is 11.2. The average Bonchev–Trinajstić information content (AvgIpc) is 3.31. The van der Waals surface area contributed by atoms with Gasteiger partial charge in [-0.3, -0.25) is 14.4 Å². The molecule has 0 saturated carbocycles. The molecule has 0 aliphatic heterocycles. The topological polar surface area (TPSA) is 78.9 Å². The molecule has 1 unspecified atom stereocenters. The molecule has 0 aromatic carbocycles. The van der Waals surface area contributed by atoms with Crippen LogP contribution < -0.4 is 0 Å². The zero-order chi connectivity index (χ0) is 47.9. The molecule has 0 aromatic rings. The predicted molar refractivity (Wildman–Crippen MR) is 283 cm³/mol. The van der Waals surface area contributed by atoms with Gasteiger partial charge in [-0.2, -0.15) is 0 Å². The SMILES string of the molecule is CC\C=C/C=C\C=C/C=C\C=C\C=C/C=C\CCCCCC(=O)OCC(COC(=O)CCCCCCCCCCCCC)OC(=O)CCCCCCC/C=C\C=C/CCCCCCCCC. The minimum Gasteiger partial charge on any atom is -0.462 e. The Kier molecular flexibility index (Phi) is 50.5. The lowest BCUT2D eigenvalue weighted by Gasteiger charge is -2.18. The summed E-state index contributed by atoms with van der Waals surface area (Å²) in [7, 11) is 0. The van der Waals surface area contributed by atoms with Gasteiger partial charge in [-0.05, 0) is 64.2 Å². The van der Waals surface area contributed by atoms with Crippen molar-refractivity contribution < 1.29 is 28.6 Å². The second-order valence-corrected chi connectivity index (χ2v) is 17.6. The molecule has 0 aromatic heterocycles. The van der Waals surface area contributed by atoms with E-state index < -0.39 is 6.10 Å². The first-order valence-corrected chi connectivity index (χ1v) is 27.0. The average molecular weight is 915 g/mol. The number of esters is 3. The van der Waals surface area contributed by atoms with Crippen LogP contribution in [0.4, 0.5) is 0 Å². The summed E-state index contributed by atoms with van der Waals surface area (Å²) in [5, 5.41) is 0. The summed E-state index contributed by atoms with van der Waals surface area (Å²) in [5.74, 6) is -0.964. The lowest BCUT2D eigenvalue weighted by molar-refractivity contribution is -0.167. The fraction of sp³-hybridized carbons (Fsp3) is 0.650. The van der Waals surface area contributed by atoms with E-state index in [1.54, 1.807) is 0 Å². The van der Waals surface area contributed by atoms with Crippen LogP contribution in [0.2, 0.25) is 0 Å². The molecule has 0 bridgehead atoms. The van der Waals surface area contributed by atoms with Crippen LogP contribution in [0.15, 0.2) is 109 Å². The Hall–Kier alpha value is -3.93. The van der Waals surface area contributed by atoms with Crippen LogP contribution >= 0.6 is 0 Å². The highest BCUT2D eigenvalue weighted by Gasteiger charge is 2.19. The molecule has 0 amide bonds. The fourth-order valence-corrected chi connectivity index (χ4v) is 7.18. The molecular formula is C60H98O6. The van der Waals surface area contributed by atoms with Crippen molar-refractivity contribution in [2.45, 2.75) is 239 Å². The maximum Gasteiger partial charge on any atom is 0.306 e. The van der Waals surface area contributed by atoms with E-state index in [0.717, 1.165) is 89.9 Å². The van der Waals surface area contributed by atoms with Crippen LogP contribution in [0.5, 0.6) is 0 Å². The summed E-state index contributed by atoms with van der Waals surface area (Å²) in [6.45, 7) is 6.42. The standard InChI is InChI=1S/C60H98O6/c1-4-7-10-13-16-19-22-24-26-28-30-32-33-35-38-41-44-47-50-53-59(62)65-56-57(55-64-58(61)52-49-46-43-40-37-21-18-15-12-9-6-3)66-60(63)54-51-48-45-42-39-36-34-31-29-27-25-23-20-17-14-11-8-5-2/h7,10,13,16,19,22,24,26-35,38,57H,4-6,8-9,11-12,14-15,17-18,20-21,23,25,36-37,39-56H2,1-3H3/b10-7-,16-13-,22-19-,26-24-,29-27-,30-28+,33-32-,34-31-,38-35-. The molecule has 0 aliphatic rings. The molecule has 374 valence electrons. The van der Waals surface area contributed by atoms with Gasteiger partial charge in [0.15, 0.2) is 6.10 Å². The van der Waals surface area contributed by atoms with E-state index in [-0.39, 0.29) is 31.1 Å². The van der Waals surface area contributed by atoms with Gasteiger partial charge in [0.2, 0.25) is 0 Å². The Bertz CT molecular complexity index is 1370. The fourth-order valence-electron chi connectivity index (χ4n) is 7.18. The largest absolute Gasteiger partial charge is 0.462 e. The smallest absolute Gasteiger partial charge is 0.306 e. The van der Waals surface area contributed by atoms with Crippen molar-refractivity contribution in [3.8, 4) is 0 Å². The van der Waals surface area contributed by atoms with Gasteiger partial charge in [-0.25, -0.2) is 0 Å². The van der Waals surface area contributed by atoms with E-state index in [9.17, 15) is 14.4 Å². The summed E-state index contributed by atoms with van der Waals surface area (Å²) in [6.07, 6.45) is 72.1. The van der Waals surface area contributed by atoms with Crippen molar-refractivity contribution in [2.75, 3.05) is 13.2 Å². The molecule has 66 heavy (non-hydrogen) atoms. The molecular weight excluding hydrogens is 817 g/mol. The number of carbonyl (C=O) groups excluding carboxylic acids is 3. The van der Waals surface area contributed by atoms with Crippen LogP contribution in [-0.2, 0) is 28.6 Å². The summed E-state index contributed by atoms with van der Waals surface area (Å²) >= 11 is 0. The van der Waals surface area contributed by atoms with Crippen molar-refractivity contribution in [3.63, 3.8) is 0 Å². The maximum absolute atomic E-state index is 12.8. The number of ether oxygens (including phenoxy) is 3. The Morgan fingerprint density at radius 2 is 0.591 bits per heavy atom. The first-order chi connectivity index (χ1) is 32.5. The number of rotatable bonds is 47. The lowest BCUT2D eigenvalue weighted by Crippen LogP contribution is -2.30. The van der Waals surface area contributed by atoms with E-state index in [1.165, 1.54) is 103 Å². The lowest BCUT2D eigenvalue weighted by atomic mass is 10.1. The van der Waals surface area contributed by atoms with Crippen LogP contribution in [0.3, 0.4) is 0 Å². The molecule has 0 fully saturated rings. The zero-order valence-corrected chi connectivity index (χ0v) is 42.7. The quantitative estimate of drug-likeness (QED) is 0.0262. The van der Waals surface area contributed by atoms with Gasteiger partial charge in [0.05, 0.1) is 0 Å². The monoisotopic (exact) mass is 915 g/mol. The van der Waals surface area contributed by atoms with Gasteiger partial charge < -0.3 is 14.2 Å². The third kappa shape index (κ3) is 51.1. The second-order valence-electron chi connectivity index (χ2n) is 17.6. The molecule has 0 radical (unpaired) electrons. The van der Waals surface area contributed by atoms with Crippen molar-refractivity contribution in [1.29, 1.82) is 0 Å². The summed E-state index contributed by atoms with van der Waals surface area (Å²) < 4.78 is 16.8. The molecule has 0 N–H and O–H groups in total. The van der Waals surface area contributed by atoms with Crippen LogP contribution in [0.1, 0.15) is 233 Å². The maximum atomic E-state index is 12.8. The van der Waals surface area contributed by atoms with Crippen LogP contribution in [0, 0.1) is 0 Å². The van der Waals surface area contributed by atoms with Gasteiger partial charge in [-0.15, -0.1) is 0 Å². The number of hydrogen-bond donors (Lipinski definition) is 0. The Morgan fingerprint density at radius 3 is 0.955 bits per heavy atom. The minimum absolute atomic E-state index is 0.0996. The predicted octanol–water partition coefficient (Wildman–Crippen LogP) is 17.9. The minimum atomic E-state index is -0.805. The van der Waals surface area contributed by atoms with E-state index >= 15 is 0 Å². The Labute approximate surface area is 406 Å². The highest BCUT2D eigenvalue weighted by atomic mass is 16.6. The van der Waals surface area contributed by atoms with Crippen molar-refractivity contribution in [3.05, 3.63) is 109 Å². The first kappa shape index (κ1) is 62.1. The van der Waals surface area contributed by atoms with Gasteiger partial charge >= 0.3 is 17.9 Å². The van der Waals surface area contributed by atoms with Gasteiger partial charge in [-0.1, -0.05) is 259 Å². The molecule has 1 atom stereocenters. The molecule has 0 aliphatic carbocycles. The van der Waals surface area contributed by atoms with Gasteiger partial charge in [0.1, 0.15) is 13.2 Å². The highest BCUT2D eigenvalue weighted by Crippen LogP contribution is 2.14. The summed E-state index contributed by atoms with van der Waals surface area (Å²) in [6, 6.07) is 0. The number of carbonyl (C=O) groups is 3. The van der Waals surface area contributed by atoms with Gasteiger partial charge in [0.25, 0.3) is 0 Å².